The highest BCUT2D eigenvalue weighted by Gasteiger charge is 2.12. The van der Waals surface area contributed by atoms with Crippen molar-refractivity contribution in [1.29, 1.82) is 0 Å². The van der Waals surface area contributed by atoms with Gasteiger partial charge in [0, 0.05) is 23.9 Å². The van der Waals surface area contributed by atoms with E-state index in [0.717, 1.165) is 17.2 Å². The summed E-state index contributed by atoms with van der Waals surface area (Å²) in [4.78, 5) is 16.5. The summed E-state index contributed by atoms with van der Waals surface area (Å²) < 4.78 is 1.88. The van der Waals surface area contributed by atoms with Crippen LogP contribution >= 0.6 is 35.0 Å². The number of aryl methyl sites for hydroxylation is 2. The van der Waals surface area contributed by atoms with E-state index < -0.39 is 0 Å². The molecule has 0 saturated heterocycles. The van der Waals surface area contributed by atoms with Gasteiger partial charge < -0.3 is 5.32 Å². The number of benzene rings is 1. The van der Waals surface area contributed by atoms with Crippen LogP contribution < -0.4 is 5.32 Å². The number of rotatable bonds is 5. The maximum Gasteiger partial charge on any atom is 0.225 e. The maximum atomic E-state index is 12.1. The lowest BCUT2D eigenvalue weighted by atomic mass is 10.3. The predicted octanol–water partition coefficient (Wildman–Crippen LogP) is 4.17. The van der Waals surface area contributed by atoms with Crippen molar-refractivity contribution in [3.05, 3.63) is 45.8 Å². The van der Waals surface area contributed by atoms with Crippen molar-refractivity contribution in [3.63, 3.8) is 0 Å². The van der Waals surface area contributed by atoms with Crippen LogP contribution in [-0.4, -0.2) is 31.2 Å². The van der Waals surface area contributed by atoms with Gasteiger partial charge in [-0.1, -0.05) is 41.0 Å². The number of amides is 1. The Morgan fingerprint density at radius 2 is 1.96 bits per heavy atom. The number of para-hydroxylation sites is 1. The summed E-state index contributed by atoms with van der Waals surface area (Å²) in [6.07, 6.45) is 0.291. The summed E-state index contributed by atoms with van der Waals surface area (Å²) in [5.41, 5.74) is 2.08. The number of nitrogens with zero attached hydrogens (tertiary/aromatic N) is 4. The third kappa shape index (κ3) is 4.05. The van der Waals surface area contributed by atoms with Crippen molar-refractivity contribution in [2.75, 3.05) is 11.1 Å². The highest BCUT2D eigenvalue weighted by atomic mass is 35.5. The Hall–Kier alpha value is -1.83. The van der Waals surface area contributed by atoms with E-state index in [0.29, 0.717) is 33.1 Å². The first-order chi connectivity index (χ1) is 12.0. The van der Waals surface area contributed by atoms with Crippen LogP contribution in [0.3, 0.4) is 0 Å². The van der Waals surface area contributed by atoms with Gasteiger partial charge in [-0.05, 0) is 26.0 Å². The molecule has 6 nitrogen and oxygen atoms in total. The van der Waals surface area contributed by atoms with Crippen LogP contribution in [0.4, 0.5) is 5.69 Å². The molecule has 0 aliphatic rings. The molecule has 3 rings (SSSR count). The van der Waals surface area contributed by atoms with Gasteiger partial charge in [-0.3, -0.25) is 9.20 Å². The van der Waals surface area contributed by atoms with Gasteiger partial charge in [-0.2, -0.15) is 0 Å². The molecule has 0 bridgehead atoms. The van der Waals surface area contributed by atoms with E-state index in [2.05, 4.69) is 20.5 Å². The number of hydrogen-bond donors (Lipinski definition) is 1. The second kappa shape index (κ2) is 7.59. The SMILES string of the molecule is Cc1cc2nnc(SCCC(=O)Nc3c(Cl)cccc3Cl)n2c(C)n1. The molecular formula is C16H15Cl2N5OS. The zero-order valence-corrected chi connectivity index (χ0v) is 15.9. The Balaban J connectivity index is 1.63. The van der Waals surface area contributed by atoms with E-state index >= 15 is 0 Å². The molecule has 0 saturated carbocycles. The Kier molecular flexibility index (Phi) is 5.46. The summed E-state index contributed by atoms with van der Waals surface area (Å²) in [5.74, 6) is 1.19. The molecule has 0 atom stereocenters. The smallest absolute Gasteiger partial charge is 0.225 e. The summed E-state index contributed by atoms with van der Waals surface area (Å²) in [7, 11) is 0. The quantitative estimate of drug-likeness (QED) is 0.656. The second-order valence-electron chi connectivity index (χ2n) is 5.36. The van der Waals surface area contributed by atoms with Crippen LogP contribution in [0.1, 0.15) is 17.9 Å². The zero-order valence-electron chi connectivity index (χ0n) is 13.6. The van der Waals surface area contributed by atoms with E-state index in [9.17, 15) is 4.79 Å². The number of thioether (sulfide) groups is 1. The summed E-state index contributed by atoms with van der Waals surface area (Å²) in [6, 6.07) is 6.95. The molecule has 1 amide bonds. The van der Waals surface area contributed by atoms with Crippen molar-refractivity contribution in [2.24, 2.45) is 0 Å². The molecule has 2 heterocycles. The van der Waals surface area contributed by atoms with Crippen LogP contribution in [0.5, 0.6) is 0 Å². The lowest BCUT2D eigenvalue weighted by Crippen LogP contribution is -2.13. The number of anilines is 1. The molecule has 0 radical (unpaired) electrons. The first-order valence-corrected chi connectivity index (χ1v) is 9.26. The lowest BCUT2D eigenvalue weighted by Gasteiger charge is -2.09. The number of carbonyl (C=O) groups excluding carboxylic acids is 1. The minimum absolute atomic E-state index is 0.165. The molecule has 25 heavy (non-hydrogen) atoms. The molecular weight excluding hydrogens is 381 g/mol. The van der Waals surface area contributed by atoms with E-state index in [1.807, 2.05) is 24.3 Å². The second-order valence-corrected chi connectivity index (χ2v) is 7.24. The molecule has 0 fully saturated rings. The van der Waals surface area contributed by atoms with Gasteiger partial charge in [-0.15, -0.1) is 10.2 Å². The number of carbonyl (C=O) groups is 1. The monoisotopic (exact) mass is 395 g/mol. The molecule has 3 aromatic rings. The molecule has 2 aromatic heterocycles. The number of hydrogen-bond acceptors (Lipinski definition) is 5. The fraction of sp³-hybridized carbons (Fsp3) is 0.250. The highest BCUT2D eigenvalue weighted by Crippen LogP contribution is 2.30. The molecule has 9 heteroatoms. The van der Waals surface area contributed by atoms with Crippen LogP contribution in [-0.2, 0) is 4.79 Å². The van der Waals surface area contributed by atoms with Crippen molar-refractivity contribution in [2.45, 2.75) is 25.4 Å². The van der Waals surface area contributed by atoms with Crippen molar-refractivity contribution < 1.29 is 4.79 Å². The molecule has 0 spiro atoms. The number of nitrogens with one attached hydrogen (secondary N) is 1. The van der Waals surface area contributed by atoms with Crippen LogP contribution in [0.2, 0.25) is 10.0 Å². The summed E-state index contributed by atoms with van der Waals surface area (Å²) >= 11 is 13.5. The van der Waals surface area contributed by atoms with Gasteiger partial charge in [0.15, 0.2) is 10.8 Å². The Labute approximate surface area is 158 Å². The molecule has 0 aliphatic carbocycles. The Morgan fingerprint density at radius 1 is 1.24 bits per heavy atom. The van der Waals surface area contributed by atoms with Gasteiger partial charge in [-0.25, -0.2) is 4.98 Å². The molecule has 0 unspecified atom stereocenters. The number of fused-ring (bicyclic) bond motifs is 1. The predicted molar refractivity (Wildman–Crippen MR) is 101 cm³/mol. The van der Waals surface area contributed by atoms with E-state index in [1.54, 1.807) is 18.2 Å². The van der Waals surface area contributed by atoms with Crippen molar-refractivity contribution >= 4 is 52.2 Å². The third-order valence-electron chi connectivity index (χ3n) is 3.45. The molecule has 1 aromatic carbocycles. The van der Waals surface area contributed by atoms with Gasteiger partial charge in [0.1, 0.15) is 5.82 Å². The first kappa shape index (κ1) is 18.0. The van der Waals surface area contributed by atoms with Crippen molar-refractivity contribution in [3.8, 4) is 0 Å². The van der Waals surface area contributed by atoms with E-state index in [4.69, 9.17) is 23.2 Å². The Morgan fingerprint density at radius 3 is 2.68 bits per heavy atom. The Bertz CT molecular complexity index is 923. The highest BCUT2D eigenvalue weighted by molar-refractivity contribution is 7.99. The zero-order chi connectivity index (χ0) is 18.0. The minimum atomic E-state index is -0.165. The lowest BCUT2D eigenvalue weighted by molar-refractivity contribution is -0.115. The molecule has 1 N–H and O–H groups in total. The maximum absolute atomic E-state index is 12.1. The van der Waals surface area contributed by atoms with Crippen molar-refractivity contribution in [1.82, 2.24) is 19.6 Å². The average molecular weight is 396 g/mol. The van der Waals surface area contributed by atoms with E-state index in [1.165, 1.54) is 11.8 Å². The van der Waals surface area contributed by atoms with Gasteiger partial charge in [0.2, 0.25) is 5.91 Å². The van der Waals surface area contributed by atoms with Crippen LogP contribution in [0.15, 0.2) is 29.4 Å². The largest absolute Gasteiger partial charge is 0.324 e. The summed E-state index contributed by atoms with van der Waals surface area (Å²) in [6.45, 7) is 3.82. The topological polar surface area (TPSA) is 72.2 Å². The van der Waals surface area contributed by atoms with Gasteiger partial charge in [0.05, 0.1) is 15.7 Å². The standard InChI is InChI=1S/C16H15Cl2N5OS/c1-9-8-13-21-22-16(23(13)10(2)19-9)25-7-6-14(24)20-15-11(17)4-3-5-12(15)18/h3-5,8H,6-7H2,1-2H3,(H,20,24). The van der Waals surface area contributed by atoms with Gasteiger partial charge in [0.25, 0.3) is 0 Å². The minimum Gasteiger partial charge on any atom is -0.324 e. The van der Waals surface area contributed by atoms with Crippen LogP contribution in [0, 0.1) is 13.8 Å². The average Bonchev–Trinajstić information content (AvgIpc) is 2.94. The first-order valence-electron chi connectivity index (χ1n) is 7.52. The normalized spacial score (nSPS) is 11.0. The fourth-order valence-electron chi connectivity index (χ4n) is 2.35. The van der Waals surface area contributed by atoms with Gasteiger partial charge >= 0.3 is 0 Å². The number of halogens is 2. The fourth-order valence-corrected chi connectivity index (χ4v) is 3.77. The van der Waals surface area contributed by atoms with Crippen LogP contribution in [0.25, 0.3) is 5.65 Å². The number of aromatic nitrogens is 4. The molecule has 0 aliphatic heterocycles. The van der Waals surface area contributed by atoms with E-state index in [-0.39, 0.29) is 5.91 Å². The summed E-state index contributed by atoms with van der Waals surface area (Å²) in [5, 5.41) is 12.6. The molecule has 130 valence electrons. The third-order valence-corrected chi connectivity index (χ3v) is 5.01.